The Kier molecular flexibility index (Phi) is 5.31. The summed E-state index contributed by atoms with van der Waals surface area (Å²) in [4.78, 5) is 10.7. The van der Waals surface area contributed by atoms with E-state index in [2.05, 4.69) is 0 Å². The van der Waals surface area contributed by atoms with Gasteiger partial charge in [-0.2, -0.15) is 0 Å². The van der Waals surface area contributed by atoms with E-state index < -0.39 is 16.8 Å². The van der Waals surface area contributed by atoms with Gasteiger partial charge in [-0.05, 0) is 41.5 Å². The predicted octanol–water partition coefficient (Wildman–Crippen LogP) is 3.96. The number of halogens is 1. The zero-order chi connectivity index (χ0) is 15.2. The van der Waals surface area contributed by atoms with Crippen LogP contribution in [0.25, 0.3) is 6.08 Å². The maximum atomic E-state index is 11.9. The number of benzene rings is 2. The highest BCUT2D eigenvalue weighted by atomic mass is 35.5. The molecule has 2 rings (SSSR count). The molecule has 1 N–H and O–H groups in total. The molecule has 0 heterocycles. The first kappa shape index (κ1) is 15.5. The van der Waals surface area contributed by atoms with Crippen molar-refractivity contribution in [3.63, 3.8) is 0 Å². The van der Waals surface area contributed by atoms with Crippen molar-refractivity contribution < 1.29 is 14.1 Å². The van der Waals surface area contributed by atoms with Crippen molar-refractivity contribution in [2.24, 2.45) is 0 Å². The largest absolute Gasteiger partial charge is 0.478 e. The molecule has 0 saturated carbocycles. The van der Waals surface area contributed by atoms with Gasteiger partial charge in [-0.1, -0.05) is 35.9 Å². The van der Waals surface area contributed by atoms with Crippen LogP contribution in [0.2, 0.25) is 5.02 Å². The smallest absolute Gasteiger partial charge is 0.335 e. The molecule has 0 aliphatic heterocycles. The van der Waals surface area contributed by atoms with Crippen LogP contribution in [0.5, 0.6) is 0 Å². The molecule has 0 radical (unpaired) electrons. The number of aromatic carboxylic acids is 1. The standard InChI is InChI=1S/C16H13ClO3S/c17-15-7-3-13(4-8-15)11-21(20)10-9-12-1-5-14(6-2-12)16(18)19/h1-10H,11H2,(H,18,19). The number of hydrogen-bond acceptors (Lipinski definition) is 2. The second-order valence-electron chi connectivity index (χ2n) is 4.38. The molecule has 3 nitrogen and oxygen atoms in total. The maximum absolute atomic E-state index is 11.9. The van der Waals surface area contributed by atoms with Crippen molar-refractivity contribution in [3.05, 3.63) is 75.7 Å². The molecule has 1 atom stereocenters. The molecule has 0 amide bonds. The summed E-state index contributed by atoms with van der Waals surface area (Å²) in [5.41, 5.74) is 1.99. The van der Waals surface area contributed by atoms with E-state index in [1.807, 2.05) is 12.1 Å². The molecule has 21 heavy (non-hydrogen) atoms. The van der Waals surface area contributed by atoms with Crippen LogP contribution >= 0.6 is 11.6 Å². The van der Waals surface area contributed by atoms with Crippen molar-refractivity contribution in [2.45, 2.75) is 5.75 Å². The quantitative estimate of drug-likeness (QED) is 0.907. The van der Waals surface area contributed by atoms with Crippen molar-refractivity contribution in [2.75, 3.05) is 0 Å². The monoisotopic (exact) mass is 320 g/mol. The summed E-state index contributed by atoms with van der Waals surface area (Å²) in [6.07, 6.45) is 1.72. The summed E-state index contributed by atoms with van der Waals surface area (Å²) in [6.45, 7) is 0. The lowest BCUT2D eigenvalue weighted by molar-refractivity contribution is 0.0697. The Hall–Kier alpha value is -1.91. The average molecular weight is 321 g/mol. The number of carboxylic acid groups (broad SMARTS) is 1. The van der Waals surface area contributed by atoms with Gasteiger partial charge in [0.25, 0.3) is 0 Å². The molecular weight excluding hydrogens is 308 g/mol. The summed E-state index contributed by atoms with van der Waals surface area (Å²) >= 11 is 5.79. The van der Waals surface area contributed by atoms with Crippen LogP contribution in [0.4, 0.5) is 0 Å². The van der Waals surface area contributed by atoms with E-state index in [4.69, 9.17) is 16.7 Å². The normalized spacial score (nSPS) is 12.4. The first-order valence-corrected chi connectivity index (χ1v) is 7.94. The highest BCUT2D eigenvalue weighted by Crippen LogP contribution is 2.12. The lowest BCUT2D eigenvalue weighted by Gasteiger charge is -1.99. The van der Waals surface area contributed by atoms with Gasteiger partial charge in [0.15, 0.2) is 0 Å². The van der Waals surface area contributed by atoms with Gasteiger partial charge in [0.05, 0.1) is 22.1 Å². The van der Waals surface area contributed by atoms with Crippen LogP contribution in [0.15, 0.2) is 53.9 Å². The van der Waals surface area contributed by atoms with Crippen LogP contribution in [0.3, 0.4) is 0 Å². The number of carboxylic acids is 1. The molecule has 0 aliphatic carbocycles. The SMILES string of the molecule is O=C(O)c1ccc(C=CS(=O)Cc2ccc(Cl)cc2)cc1. The van der Waals surface area contributed by atoms with Crippen LogP contribution in [-0.2, 0) is 16.6 Å². The molecule has 1 unspecified atom stereocenters. The third kappa shape index (κ3) is 4.85. The van der Waals surface area contributed by atoms with E-state index in [0.29, 0.717) is 10.8 Å². The van der Waals surface area contributed by atoms with E-state index >= 15 is 0 Å². The second-order valence-corrected chi connectivity index (χ2v) is 6.14. The summed E-state index contributed by atoms with van der Waals surface area (Å²) in [5.74, 6) is -0.544. The molecule has 0 saturated heterocycles. The van der Waals surface area contributed by atoms with Crippen LogP contribution in [-0.4, -0.2) is 15.3 Å². The van der Waals surface area contributed by atoms with Crippen LogP contribution in [0.1, 0.15) is 21.5 Å². The summed E-state index contributed by atoms with van der Waals surface area (Å²) < 4.78 is 11.9. The van der Waals surface area contributed by atoms with E-state index in [9.17, 15) is 9.00 Å². The van der Waals surface area contributed by atoms with Crippen molar-refractivity contribution in [1.82, 2.24) is 0 Å². The third-order valence-electron chi connectivity index (χ3n) is 2.79. The second kappa shape index (κ2) is 7.20. The van der Waals surface area contributed by atoms with Crippen LogP contribution in [0, 0.1) is 0 Å². The highest BCUT2D eigenvalue weighted by Gasteiger charge is 2.01. The predicted molar refractivity (Wildman–Crippen MR) is 85.7 cm³/mol. The minimum absolute atomic E-state index is 0.231. The zero-order valence-electron chi connectivity index (χ0n) is 11.0. The average Bonchev–Trinajstić information content (AvgIpc) is 2.48. The van der Waals surface area contributed by atoms with Gasteiger partial charge in [0.1, 0.15) is 0 Å². The number of hydrogen-bond donors (Lipinski definition) is 1. The van der Waals surface area contributed by atoms with E-state index in [-0.39, 0.29) is 5.56 Å². The number of carbonyl (C=O) groups is 1. The Balaban J connectivity index is 1.98. The molecule has 108 valence electrons. The Morgan fingerprint density at radius 3 is 2.29 bits per heavy atom. The van der Waals surface area contributed by atoms with Gasteiger partial charge in [0, 0.05) is 10.4 Å². The van der Waals surface area contributed by atoms with E-state index in [1.165, 1.54) is 12.1 Å². The summed E-state index contributed by atoms with van der Waals surface area (Å²) in [5, 5.41) is 11.1. The number of rotatable bonds is 5. The lowest BCUT2D eigenvalue weighted by Crippen LogP contribution is -1.95. The van der Waals surface area contributed by atoms with Gasteiger partial charge >= 0.3 is 5.97 Å². The zero-order valence-corrected chi connectivity index (χ0v) is 12.6. The lowest BCUT2D eigenvalue weighted by atomic mass is 10.1. The van der Waals surface area contributed by atoms with Crippen molar-refractivity contribution >= 4 is 34.4 Å². The Labute approximate surface area is 130 Å². The Morgan fingerprint density at radius 1 is 1.10 bits per heavy atom. The third-order valence-corrected chi connectivity index (χ3v) is 4.10. The molecule has 0 aliphatic rings. The molecule has 0 aromatic heterocycles. The fourth-order valence-corrected chi connectivity index (χ4v) is 2.74. The Bertz CT molecular complexity index is 676. The highest BCUT2D eigenvalue weighted by molar-refractivity contribution is 7.87. The molecule has 0 bridgehead atoms. The molecule has 5 heteroatoms. The maximum Gasteiger partial charge on any atom is 0.335 e. The van der Waals surface area contributed by atoms with E-state index in [1.54, 1.807) is 35.7 Å². The van der Waals surface area contributed by atoms with Gasteiger partial charge in [0.2, 0.25) is 0 Å². The first-order valence-electron chi connectivity index (χ1n) is 6.18. The molecule has 0 fully saturated rings. The van der Waals surface area contributed by atoms with Crippen LogP contribution < -0.4 is 0 Å². The topological polar surface area (TPSA) is 54.4 Å². The Morgan fingerprint density at radius 2 is 1.71 bits per heavy atom. The molecule has 2 aromatic carbocycles. The van der Waals surface area contributed by atoms with Gasteiger partial charge < -0.3 is 5.11 Å². The summed E-state index contributed by atoms with van der Waals surface area (Å²) in [7, 11) is -1.13. The minimum Gasteiger partial charge on any atom is -0.478 e. The van der Waals surface area contributed by atoms with E-state index in [0.717, 1.165) is 11.1 Å². The minimum atomic E-state index is -1.13. The van der Waals surface area contributed by atoms with Crippen molar-refractivity contribution in [1.29, 1.82) is 0 Å². The fraction of sp³-hybridized carbons (Fsp3) is 0.0625. The molecule has 0 spiro atoms. The first-order chi connectivity index (χ1) is 10.0. The summed E-state index contributed by atoms with van der Waals surface area (Å²) in [6, 6.07) is 13.6. The molecule has 2 aromatic rings. The van der Waals surface area contributed by atoms with Gasteiger partial charge in [-0.15, -0.1) is 0 Å². The fourth-order valence-electron chi connectivity index (χ4n) is 1.68. The van der Waals surface area contributed by atoms with Gasteiger partial charge in [-0.3, -0.25) is 4.21 Å². The molecular formula is C16H13ClO3S. The van der Waals surface area contributed by atoms with Crippen molar-refractivity contribution in [3.8, 4) is 0 Å². The van der Waals surface area contributed by atoms with Gasteiger partial charge in [-0.25, -0.2) is 4.79 Å².